The van der Waals surface area contributed by atoms with Crippen LogP contribution in [0.3, 0.4) is 0 Å². The number of esters is 1. The normalized spacial score (nSPS) is 13.7. The molecular formula is C26H34O3. The number of aryl methyl sites for hydroxylation is 4. The Hall–Kier alpha value is -2.42. The summed E-state index contributed by atoms with van der Waals surface area (Å²) in [5, 5.41) is 0. The van der Waals surface area contributed by atoms with Crippen LogP contribution in [0.1, 0.15) is 77.1 Å². The van der Waals surface area contributed by atoms with Gasteiger partial charge in [-0.1, -0.05) is 64.1 Å². The van der Waals surface area contributed by atoms with Gasteiger partial charge in [-0.05, 0) is 61.8 Å². The van der Waals surface area contributed by atoms with Crippen molar-refractivity contribution in [3.05, 3.63) is 69.8 Å². The fourth-order valence-corrected chi connectivity index (χ4v) is 4.16. The lowest BCUT2D eigenvalue weighted by molar-refractivity contribution is 0.0121. The molecule has 3 heteroatoms. The summed E-state index contributed by atoms with van der Waals surface area (Å²) in [6.45, 7) is 16.1. The van der Waals surface area contributed by atoms with Gasteiger partial charge in [-0.2, -0.15) is 0 Å². The van der Waals surface area contributed by atoms with Crippen LogP contribution < -0.4 is 0 Å². The third-order valence-corrected chi connectivity index (χ3v) is 5.36. The van der Waals surface area contributed by atoms with Crippen molar-refractivity contribution >= 4 is 11.8 Å². The average Bonchev–Trinajstić information content (AvgIpc) is 2.57. The van der Waals surface area contributed by atoms with Crippen LogP contribution in [0, 0.1) is 39.0 Å². The molecule has 2 aromatic rings. The monoisotopic (exact) mass is 394 g/mol. The molecule has 0 fully saturated rings. The molecule has 0 aliphatic rings. The summed E-state index contributed by atoms with van der Waals surface area (Å²) in [4.78, 5) is 26.7. The van der Waals surface area contributed by atoms with Crippen molar-refractivity contribution in [3.8, 4) is 0 Å². The number of carbonyl (C=O) groups excluding carboxylic acids is 2. The molecule has 0 radical (unpaired) electrons. The summed E-state index contributed by atoms with van der Waals surface area (Å²) in [5.41, 5.74) is 4.76. The largest absolute Gasteiger partial charge is 0.450 e. The molecule has 2 unspecified atom stereocenters. The third-order valence-electron chi connectivity index (χ3n) is 5.36. The standard InChI is InChI=1S/C26H34O3/c1-16-11-9-12-17(2)21(16)23(27)24(20(5)15-26(6,7)8)29-25(28)22-18(3)13-10-14-19(22)4/h9-14,20,24H,15H2,1-8H3. The van der Waals surface area contributed by atoms with Crippen LogP contribution >= 0.6 is 0 Å². The summed E-state index contributed by atoms with van der Waals surface area (Å²) in [5.74, 6) is -0.641. The van der Waals surface area contributed by atoms with Gasteiger partial charge in [0.15, 0.2) is 6.10 Å². The fraction of sp³-hybridized carbons (Fsp3) is 0.462. The van der Waals surface area contributed by atoms with E-state index in [1.807, 2.05) is 71.0 Å². The van der Waals surface area contributed by atoms with Gasteiger partial charge in [0, 0.05) is 11.5 Å². The quantitative estimate of drug-likeness (QED) is 0.420. The Morgan fingerprint density at radius 1 is 0.828 bits per heavy atom. The van der Waals surface area contributed by atoms with Gasteiger partial charge in [-0.15, -0.1) is 0 Å². The molecular weight excluding hydrogens is 360 g/mol. The molecule has 0 saturated carbocycles. The first-order valence-corrected chi connectivity index (χ1v) is 10.3. The molecule has 156 valence electrons. The first-order chi connectivity index (χ1) is 13.4. The molecule has 0 saturated heterocycles. The van der Waals surface area contributed by atoms with E-state index in [2.05, 4.69) is 20.8 Å². The van der Waals surface area contributed by atoms with E-state index in [1.54, 1.807) is 0 Å². The molecule has 0 aliphatic heterocycles. The minimum absolute atomic E-state index is 0.0176. The highest BCUT2D eigenvalue weighted by atomic mass is 16.5. The van der Waals surface area contributed by atoms with Crippen molar-refractivity contribution in [2.24, 2.45) is 11.3 Å². The highest BCUT2D eigenvalue weighted by molar-refractivity contribution is 6.04. The maximum absolute atomic E-state index is 13.6. The van der Waals surface area contributed by atoms with Crippen molar-refractivity contribution < 1.29 is 14.3 Å². The van der Waals surface area contributed by atoms with E-state index in [0.29, 0.717) is 11.1 Å². The van der Waals surface area contributed by atoms with Crippen molar-refractivity contribution in [1.82, 2.24) is 0 Å². The summed E-state index contributed by atoms with van der Waals surface area (Å²) >= 11 is 0. The highest BCUT2D eigenvalue weighted by Crippen LogP contribution is 2.30. The minimum atomic E-state index is -0.819. The zero-order valence-corrected chi connectivity index (χ0v) is 19.1. The second-order valence-corrected chi connectivity index (χ2v) is 9.47. The van der Waals surface area contributed by atoms with Gasteiger partial charge in [0.2, 0.25) is 5.78 Å². The minimum Gasteiger partial charge on any atom is -0.450 e. The van der Waals surface area contributed by atoms with Gasteiger partial charge in [0.1, 0.15) is 0 Å². The molecule has 0 amide bonds. The zero-order chi connectivity index (χ0) is 21.9. The summed E-state index contributed by atoms with van der Waals surface area (Å²) in [6.07, 6.45) is -0.0468. The Balaban J connectivity index is 2.45. The predicted molar refractivity (Wildman–Crippen MR) is 119 cm³/mol. The van der Waals surface area contributed by atoms with Crippen molar-refractivity contribution in [2.45, 2.75) is 67.9 Å². The Bertz CT molecular complexity index is 862. The van der Waals surface area contributed by atoms with Crippen molar-refractivity contribution in [2.75, 3.05) is 0 Å². The first-order valence-electron chi connectivity index (χ1n) is 10.3. The number of benzene rings is 2. The molecule has 3 nitrogen and oxygen atoms in total. The number of ether oxygens (including phenoxy) is 1. The maximum atomic E-state index is 13.6. The highest BCUT2D eigenvalue weighted by Gasteiger charge is 2.34. The number of hydrogen-bond acceptors (Lipinski definition) is 3. The maximum Gasteiger partial charge on any atom is 0.339 e. The molecule has 0 spiro atoms. The second kappa shape index (κ2) is 8.94. The zero-order valence-electron chi connectivity index (χ0n) is 19.1. The van der Waals surface area contributed by atoms with E-state index in [1.165, 1.54) is 0 Å². The van der Waals surface area contributed by atoms with Crippen LogP contribution in [-0.4, -0.2) is 17.9 Å². The van der Waals surface area contributed by atoms with Crippen LogP contribution in [0.2, 0.25) is 0 Å². The third kappa shape index (κ3) is 5.56. The number of rotatable bonds is 6. The molecule has 2 rings (SSSR count). The average molecular weight is 395 g/mol. The Kier molecular flexibility index (Phi) is 7.05. The Morgan fingerprint density at radius 2 is 1.24 bits per heavy atom. The molecule has 29 heavy (non-hydrogen) atoms. The Labute approximate surface area is 175 Å². The van der Waals surface area contributed by atoms with E-state index >= 15 is 0 Å². The number of ketones is 1. The molecule has 0 N–H and O–H groups in total. The van der Waals surface area contributed by atoms with Gasteiger partial charge in [-0.25, -0.2) is 4.79 Å². The van der Waals surface area contributed by atoms with E-state index < -0.39 is 12.1 Å². The van der Waals surface area contributed by atoms with Crippen molar-refractivity contribution in [1.29, 1.82) is 0 Å². The molecule has 0 heterocycles. The smallest absolute Gasteiger partial charge is 0.339 e. The SMILES string of the molecule is Cc1cccc(C)c1C(=O)OC(C(=O)c1c(C)cccc1C)C(C)CC(C)(C)C. The molecule has 2 atom stereocenters. The van der Waals surface area contributed by atoms with Crippen LogP contribution in [0.15, 0.2) is 36.4 Å². The van der Waals surface area contributed by atoms with Gasteiger partial charge >= 0.3 is 5.97 Å². The summed E-state index contributed by atoms with van der Waals surface area (Å²) in [6, 6.07) is 11.5. The van der Waals surface area contributed by atoms with Crippen molar-refractivity contribution in [3.63, 3.8) is 0 Å². The lowest BCUT2D eigenvalue weighted by Crippen LogP contribution is -2.36. The molecule has 2 aromatic carbocycles. The topological polar surface area (TPSA) is 43.4 Å². The molecule has 0 aromatic heterocycles. The van der Waals surface area contributed by atoms with Crippen LogP contribution in [0.5, 0.6) is 0 Å². The summed E-state index contributed by atoms with van der Waals surface area (Å²) < 4.78 is 5.94. The van der Waals surface area contributed by atoms with E-state index in [4.69, 9.17) is 4.74 Å². The Morgan fingerprint density at radius 3 is 1.66 bits per heavy atom. The lowest BCUT2D eigenvalue weighted by atomic mass is 9.80. The van der Waals surface area contributed by atoms with Crippen LogP contribution in [0.25, 0.3) is 0 Å². The summed E-state index contributed by atoms with van der Waals surface area (Å²) in [7, 11) is 0. The van der Waals surface area contributed by atoms with E-state index in [-0.39, 0.29) is 17.1 Å². The van der Waals surface area contributed by atoms with Gasteiger partial charge < -0.3 is 4.74 Å². The lowest BCUT2D eigenvalue weighted by Gasteiger charge is -2.29. The number of hydrogen-bond donors (Lipinski definition) is 0. The van der Waals surface area contributed by atoms with Gasteiger partial charge in [-0.3, -0.25) is 4.79 Å². The predicted octanol–water partition coefficient (Wildman–Crippen LogP) is 6.40. The number of Topliss-reactive ketones (excluding diaryl/α,β-unsaturated/α-hetero) is 1. The van der Waals surface area contributed by atoms with Gasteiger partial charge in [0.05, 0.1) is 5.56 Å². The number of carbonyl (C=O) groups is 2. The fourth-order valence-electron chi connectivity index (χ4n) is 4.16. The molecule has 0 aliphatic carbocycles. The second-order valence-electron chi connectivity index (χ2n) is 9.47. The van der Waals surface area contributed by atoms with E-state index in [9.17, 15) is 9.59 Å². The first kappa shape index (κ1) is 22.9. The van der Waals surface area contributed by atoms with E-state index in [0.717, 1.165) is 28.7 Å². The van der Waals surface area contributed by atoms with Crippen LogP contribution in [-0.2, 0) is 4.74 Å². The van der Waals surface area contributed by atoms with Gasteiger partial charge in [0.25, 0.3) is 0 Å². The van der Waals surface area contributed by atoms with Crippen LogP contribution in [0.4, 0.5) is 0 Å². The molecule has 0 bridgehead atoms.